The lowest BCUT2D eigenvalue weighted by Crippen LogP contribution is -2.35. The number of carbonyl (C=O) groups excluding carboxylic acids is 1. The number of anilines is 1. The molecule has 6 nitrogen and oxygen atoms in total. The molecule has 0 heterocycles. The third-order valence-corrected chi connectivity index (χ3v) is 4.96. The van der Waals surface area contributed by atoms with Gasteiger partial charge in [-0.05, 0) is 54.7 Å². The van der Waals surface area contributed by atoms with Crippen LogP contribution in [-0.4, -0.2) is 24.0 Å². The molecule has 0 bridgehead atoms. The molecule has 1 fully saturated rings. The van der Waals surface area contributed by atoms with Crippen LogP contribution in [0, 0.1) is 28.4 Å². The van der Waals surface area contributed by atoms with Crippen molar-refractivity contribution >= 4 is 17.3 Å². The molecule has 0 amide bonds. The minimum atomic E-state index is -0.402. The van der Waals surface area contributed by atoms with Crippen LogP contribution < -0.4 is 5.32 Å². The number of nitro groups is 1. The first kappa shape index (κ1) is 19.2. The van der Waals surface area contributed by atoms with E-state index >= 15 is 0 Å². The number of carbonyl (C=O) groups is 1. The van der Waals surface area contributed by atoms with Crippen molar-refractivity contribution in [1.82, 2.24) is 0 Å². The minimum absolute atomic E-state index is 0.0144. The lowest BCUT2D eigenvalue weighted by molar-refractivity contribution is -0.384. The van der Waals surface area contributed by atoms with Gasteiger partial charge in [-0.25, -0.2) is 0 Å². The van der Waals surface area contributed by atoms with Crippen molar-refractivity contribution in [3.05, 3.63) is 33.4 Å². The molecule has 1 aromatic carbocycles. The number of hydrogen-bond acceptors (Lipinski definition) is 5. The second kappa shape index (κ2) is 7.42. The van der Waals surface area contributed by atoms with Gasteiger partial charge in [-0.15, -0.1) is 0 Å². The molecule has 0 aromatic heterocycles. The van der Waals surface area contributed by atoms with E-state index in [0.29, 0.717) is 17.2 Å². The Kier molecular flexibility index (Phi) is 5.70. The number of hydrogen-bond donors (Lipinski definition) is 1. The summed E-state index contributed by atoms with van der Waals surface area (Å²) >= 11 is 0. The van der Waals surface area contributed by atoms with Gasteiger partial charge in [0.1, 0.15) is 5.69 Å². The van der Waals surface area contributed by atoms with Gasteiger partial charge in [0.25, 0.3) is 5.69 Å². The van der Waals surface area contributed by atoms with Gasteiger partial charge in [-0.3, -0.25) is 14.9 Å². The standard InChI is InChI=1S/C19H28N2O4/c1-12-6-15(11-19(3,4)10-12)20-16-7-13(2)14(9-18(22)25-5)8-17(16)21(23)24/h7-8,12,15,20H,6,9-11H2,1-5H3/t12-,15+/m1/s1. The van der Waals surface area contributed by atoms with E-state index in [1.54, 1.807) is 6.07 Å². The van der Waals surface area contributed by atoms with Gasteiger partial charge in [0.2, 0.25) is 0 Å². The Bertz CT molecular complexity index is 670. The average Bonchev–Trinajstić information content (AvgIpc) is 2.47. The predicted molar refractivity (Wildman–Crippen MR) is 97.8 cm³/mol. The number of esters is 1. The summed E-state index contributed by atoms with van der Waals surface area (Å²) in [6.07, 6.45) is 3.20. The van der Waals surface area contributed by atoms with Crippen molar-refractivity contribution in [2.45, 2.75) is 59.4 Å². The zero-order valence-electron chi connectivity index (χ0n) is 15.7. The number of ether oxygens (including phenoxy) is 1. The molecule has 25 heavy (non-hydrogen) atoms. The Morgan fingerprint density at radius 1 is 1.40 bits per heavy atom. The molecular weight excluding hydrogens is 320 g/mol. The summed E-state index contributed by atoms with van der Waals surface area (Å²) in [6, 6.07) is 3.48. The second-order valence-corrected chi connectivity index (χ2v) is 8.06. The molecule has 1 aliphatic carbocycles. The third-order valence-electron chi connectivity index (χ3n) is 4.96. The molecule has 6 heteroatoms. The maximum atomic E-state index is 11.5. The first-order valence-corrected chi connectivity index (χ1v) is 8.72. The molecule has 1 N–H and O–H groups in total. The summed E-state index contributed by atoms with van der Waals surface area (Å²) in [5, 5.41) is 14.9. The molecule has 2 atom stereocenters. The summed E-state index contributed by atoms with van der Waals surface area (Å²) in [7, 11) is 1.31. The van der Waals surface area contributed by atoms with Gasteiger partial charge in [0.15, 0.2) is 0 Å². The van der Waals surface area contributed by atoms with E-state index in [1.807, 2.05) is 6.92 Å². The van der Waals surface area contributed by atoms with Crippen LogP contribution in [0.1, 0.15) is 51.2 Å². The molecule has 0 unspecified atom stereocenters. The highest BCUT2D eigenvalue weighted by molar-refractivity contribution is 5.75. The largest absolute Gasteiger partial charge is 0.469 e. The Balaban J connectivity index is 2.29. The molecule has 1 aromatic rings. The molecule has 0 saturated heterocycles. The van der Waals surface area contributed by atoms with E-state index in [1.165, 1.54) is 19.6 Å². The molecule has 1 aliphatic rings. The highest BCUT2D eigenvalue weighted by Crippen LogP contribution is 2.40. The fraction of sp³-hybridized carbons (Fsp3) is 0.632. The summed E-state index contributed by atoms with van der Waals surface area (Å²) in [5.41, 5.74) is 2.25. The van der Waals surface area contributed by atoms with E-state index in [2.05, 4.69) is 30.8 Å². The van der Waals surface area contributed by atoms with E-state index in [-0.39, 0.29) is 28.5 Å². The van der Waals surface area contributed by atoms with Gasteiger partial charge in [0, 0.05) is 12.1 Å². The fourth-order valence-corrected chi connectivity index (χ4v) is 4.10. The Morgan fingerprint density at radius 3 is 2.64 bits per heavy atom. The Labute approximate surface area is 149 Å². The van der Waals surface area contributed by atoms with Gasteiger partial charge < -0.3 is 10.1 Å². The Hall–Kier alpha value is -2.11. The van der Waals surface area contributed by atoms with Gasteiger partial charge in [0.05, 0.1) is 18.5 Å². The van der Waals surface area contributed by atoms with Crippen LogP contribution in [-0.2, 0) is 16.0 Å². The quantitative estimate of drug-likeness (QED) is 0.489. The molecule has 138 valence electrons. The molecule has 1 saturated carbocycles. The average molecular weight is 348 g/mol. The highest BCUT2D eigenvalue weighted by atomic mass is 16.6. The van der Waals surface area contributed by atoms with Crippen molar-refractivity contribution in [2.75, 3.05) is 12.4 Å². The first-order valence-electron chi connectivity index (χ1n) is 8.72. The van der Waals surface area contributed by atoms with Crippen molar-refractivity contribution in [2.24, 2.45) is 11.3 Å². The number of aryl methyl sites for hydroxylation is 1. The second-order valence-electron chi connectivity index (χ2n) is 8.06. The number of nitro benzene ring substituents is 1. The lowest BCUT2D eigenvalue weighted by atomic mass is 9.70. The summed E-state index contributed by atoms with van der Waals surface area (Å²) in [4.78, 5) is 22.7. The highest BCUT2D eigenvalue weighted by Gasteiger charge is 2.33. The van der Waals surface area contributed by atoms with Crippen LogP contribution in [0.25, 0.3) is 0 Å². The molecule has 2 rings (SSSR count). The van der Waals surface area contributed by atoms with Gasteiger partial charge in [-0.2, -0.15) is 0 Å². The van der Waals surface area contributed by atoms with Crippen LogP contribution >= 0.6 is 0 Å². The van der Waals surface area contributed by atoms with Crippen molar-refractivity contribution in [1.29, 1.82) is 0 Å². The number of rotatable bonds is 5. The molecule has 0 aliphatic heterocycles. The monoisotopic (exact) mass is 348 g/mol. The SMILES string of the molecule is COC(=O)Cc1cc([N+](=O)[O-])c(N[C@H]2C[C@@H](C)CC(C)(C)C2)cc1C. The molecule has 0 radical (unpaired) electrons. The zero-order valence-corrected chi connectivity index (χ0v) is 15.7. The maximum Gasteiger partial charge on any atom is 0.309 e. The smallest absolute Gasteiger partial charge is 0.309 e. The van der Waals surface area contributed by atoms with Gasteiger partial charge >= 0.3 is 5.97 Å². The number of nitrogens with zero attached hydrogens (tertiary/aromatic N) is 1. The lowest BCUT2D eigenvalue weighted by Gasteiger charge is -2.39. The van der Waals surface area contributed by atoms with Crippen LogP contribution in [0.15, 0.2) is 12.1 Å². The fourth-order valence-electron chi connectivity index (χ4n) is 4.10. The van der Waals surface area contributed by atoms with Gasteiger partial charge in [-0.1, -0.05) is 20.8 Å². The molecular formula is C19H28N2O4. The predicted octanol–water partition coefficient (Wildman–Crippen LogP) is 4.25. The van der Waals surface area contributed by atoms with Crippen molar-refractivity contribution in [3.63, 3.8) is 0 Å². The van der Waals surface area contributed by atoms with Crippen molar-refractivity contribution < 1.29 is 14.5 Å². The van der Waals surface area contributed by atoms with E-state index in [0.717, 1.165) is 18.4 Å². The van der Waals surface area contributed by atoms with Crippen LogP contribution in [0.4, 0.5) is 11.4 Å². The minimum Gasteiger partial charge on any atom is -0.469 e. The topological polar surface area (TPSA) is 81.5 Å². The van der Waals surface area contributed by atoms with E-state index in [9.17, 15) is 14.9 Å². The third kappa shape index (κ3) is 4.94. The summed E-state index contributed by atoms with van der Waals surface area (Å²) in [5.74, 6) is 0.181. The number of nitrogens with one attached hydrogen (secondary N) is 1. The maximum absolute atomic E-state index is 11.5. The van der Waals surface area contributed by atoms with Crippen LogP contribution in [0.5, 0.6) is 0 Å². The van der Waals surface area contributed by atoms with Crippen LogP contribution in [0.3, 0.4) is 0 Å². The Morgan fingerprint density at radius 2 is 2.08 bits per heavy atom. The number of benzene rings is 1. The van der Waals surface area contributed by atoms with E-state index in [4.69, 9.17) is 0 Å². The normalized spacial score (nSPS) is 22.3. The number of methoxy groups -OCH3 is 1. The van der Waals surface area contributed by atoms with E-state index < -0.39 is 5.97 Å². The molecule has 0 spiro atoms. The van der Waals surface area contributed by atoms with Crippen LogP contribution in [0.2, 0.25) is 0 Å². The zero-order chi connectivity index (χ0) is 18.8. The summed E-state index contributed by atoms with van der Waals surface area (Å²) < 4.78 is 4.67. The first-order chi connectivity index (χ1) is 11.6. The van der Waals surface area contributed by atoms with Crippen molar-refractivity contribution in [3.8, 4) is 0 Å². The summed E-state index contributed by atoms with van der Waals surface area (Å²) in [6.45, 7) is 8.59.